The van der Waals surface area contributed by atoms with Crippen LogP contribution in [0.25, 0.3) is 17.1 Å². The fourth-order valence-corrected chi connectivity index (χ4v) is 7.46. The zero-order chi connectivity index (χ0) is 44.8. The first-order chi connectivity index (χ1) is 30.9. The van der Waals surface area contributed by atoms with E-state index in [1.807, 2.05) is 12.1 Å². The maximum Gasteiger partial charge on any atom is 0.437 e. The van der Waals surface area contributed by atoms with E-state index in [4.69, 9.17) is 13.9 Å². The van der Waals surface area contributed by atoms with Gasteiger partial charge in [0.05, 0.1) is 41.9 Å². The first-order valence-corrected chi connectivity index (χ1v) is 21.1. The van der Waals surface area contributed by atoms with E-state index in [1.165, 1.54) is 12.8 Å². The molecule has 1 atom stereocenters. The van der Waals surface area contributed by atoms with Crippen molar-refractivity contribution >= 4 is 41.0 Å². The molecule has 16 nitrogen and oxygen atoms in total. The van der Waals surface area contributed by atoms with Crippen LogP contribution >= 0.6 is 0 Å². The third-order valence-electron chi connectivity index (χ3n) is 11.1. The zero-order valence-corrected chi connectivity index (χ0v) is 34.6. The van der Waals surface area contributed by atoms with Crippen LogP contribution in [0.15, 0.2) is 77.7 Å². The summed E-state index contributed by atoms with van der Waals surface area (Å²) in [5.41, 5.74) is 1.29. The van der Waals surface area contributed by atoms with E-state index < -0.39 is 53.1 Å². The van der Waals surface area contributed by atoms with Crippen molar-refractivity contribution < 1.29 is 51.0 Å². The Morgan fingerprint density at radius 3 is 2.34 bits per heavy atom. The number of piperidine rings is 1. The third-order valence-corrected chi connectivity index (χ3v) is 11.1. The van der Waals surface area contributed by atoms with Crippen LogP contribution in [-0.4, -0.2) is 93.2 Å². The number of aryl methyl sites for hydroxylation is 2. The molecule has 0 radical (unpaired) electrons. The number of benzene rings is 2. The molecule has 3 aromatic heterocycles. The van der Waals surface area contributed by atoms with Crippen LogP contribution < -0.4 is 16.0 Å². The molecule has 8 rings (SSSR count). The van der Waals surface area contributed by atoms with Gasteiger partial charge in [-0.15, -0.1) is 0 Å². The summed E-state index contributed by atoms with van der Waals surface area (Å²) in [6.07, 6.45) is 5.07. The van der Waals surface area contributed by atoms with E-state index in [0.717, 1.165) is 59.0 Å². The van der Waals surface area contributed by atoms with Crippen molar-refractivity contribution in [1.29, 1.82) is 0 Å². The molecule has 3 aliphatic rings. The lowest BCUT2D eigenvalue weighted by molar-refractivity contribution is -0.140. The second-order valence-electron chi connectivity index (χ2n) is 15.9. The minimum absolute atomic E-state index is 0.0607. The van der Waals surface area contributed by atoms with Gasteiger partial charge >= 0.3 is 6.18 Å². The topological polar surface area (TPSA) is 200 Å². The molecule has 2 aliphatic heterocycles. The molecular weight excluding hydrogens is 838 g/mol. The van der Waals surface area contributed by atoms with Crippen LogP contribution in [-0.2, 0) is 38.1 Å². The highest BCUT2D eigenvalue weighted by Gasteiger charge is 2.44. The minimum Gasteiger partial charge on any atom is -0.444 e. The van der Waals surface area contributed by atoms with E-state index in [9.17, 15) is 37.1 Å². The number of oxazole rings is 1. The van der Waals surface area contributed by atoms with Crippen molar-refractivity contribution in [3.05, 3.63) is 107 Å². The molecule has 2 aromatic carbocycles. The fourth-order valence-electron chi connectivity index (χ4n) is 7.46. The average Bonchev–Trinajstić information content (AvgIpc) is 3.68. The summed E-state index contributed by atoms with van der Waals surface area (Å²) < 4.78 is 60.1. The Hall–Kier alpha value is -6.73. The number of fused-ring (bicyclic) bond motifs is 1. The van der Waals surface area contributed by atoms with Crippen molar-refractivity contribution in [1.82, 2.24) is 30.0 Å². The highest BCUT2D eigenvalue weighted by molar-refractivity contribution is 6.23. The van der Waals surface area contributed by atoms with Crippen LogP contribution in [0.3, 0.4) is 0 Å². The molecule has 1 saturated carbocycles. The third kappa shape index (κ3) is 10.5. The molecular formula is C45H45F3N8O8. The van der Waals surface area contributed by atoms with Gasteiger partial charge in [0.2, 0.25) is 17.7 Å². The lowest BCUT2D eigenvalue weighted by Crippen LogP contribution is -2.54. The normalized spacial score (nSPS) is 16.3. The number of unbranched alkanes of at least 4 members (excludes halogenated alkanes) is 1. The molecule has 0 spiro atoms. The number of anilines is 2. The Morgan fingerprint density at radius 1 is 0.859 bits per heavy atom. The number of nitrogens with one attached hydrogen (secondary N) is 3. The monoisotopic (exact) mass is 882 g/mol. The van der Waals surface area contributed by atoms with E-state index in [1.54, 1.807) is 48.7 Å². The first kappa shape index (κ1) is 43.9. The summed E-state index contributed by atoms with van der Waals surface area (Å²) >= 11 is 0. The molecule has 2 fully saturated rings. The Kier molecular flexibility index (Phi) is 13.3. The molecule has 1 aliphatic carbocycles. The van der Waals surface area contributed by atoms with Crippen LogP contribution in [0.5, 0.6) is 0 Å². The Balaban J connectivity index is 0.728. The highest BCUT2D eigenvalue weighted by atomic mass is 19.4. The van der Waals surface area contributed by atoms with Gasteiger partial charge in [0, 0.05) is 37.9 Å². The number of amides is 5. The van der Waals surface area contributed by atoms with Gasteiger partial charge in [-0.2, -0.15) is 18.3 Å². The molecule has 19 heteroatoms. The highest BCUT2D eigenvalue weighted by Crippen LogP contribution is 2.35. The summed E-state index contributed by atoms with van der Waals surface area (Å²) in [7, 11) is 0. The second kappa shape index (κ2) is 19.3. The van der Waals surface area contributed by atoms with Crippen molar-refractivity contribution in [2.24, 2.45) is 5.92 Å². The lowest BCUT2D eigenvalue weighted by atomic mass is 10.0. The van der Waals surface area contributed by atoms with Crippen molar-refractivity contribution in [2.45, 2.75) is 70.0 Å². The second-order valence-corrected chi connectivity index (χ2v) is 15.9. The number of alkyl halides is 3. The standard InChI is InChI=1S/C45H45F3N8O8/c46-45(47,48)39-34(51-40(58)35-26-64-42(52-35)30-16-17-49-37(23-30)50-24-29-6-7-29)25-55(54-39)31-11-8-27(9-12-31)4-1-2-18-62-20-21-63-19-3-5-28-10-13-32-33(22-28)44(61)56(43(32)60)36-14-15-38(57)53-41(36)59/h8-13,16-17,22-23,25-26,29,36H,1-7,14-15,18-21,24H2,(H,49,50)(H,51,58)(H,53,57,59). The molecule has 5 aromatic rings. The lowest BCUT2D eigenvalue weighted by Gasteiger charge is -2.27. The number of nitrogens with zero attached hydrogens (tertiary/aromatic N) is 5. The molecule has 3 N–H and O–H groups in total. The summed E-state index contributed by atoms with van der Waals surface area (Å²) in [5, 5.41) is 11.5. The van der Waals surface area contributed by atoms with Crippen LogP contribution in [0.4, 0.5) is 24.7 Å². The molecule has 1 saturated heterocycles. The number of halogens is 3. The molecule has 5 heterocycles. The van der Waals surface area contributed by atoms with Gasteiger partial charge in [-0.1, -0.05) is 18.2 Å². The van der Waals surface area contributed by atoms with Gasteiger partial charge < -0.3 is 24.5 Å². The Morgan fingerprint density at radius 2 is 1.59 bits per heavy atom. The number of hydrogen-bond acceptors (Lipinski definition) is 12. The van der Waals surface area contributed by atoms with E-state index in [-0.39, 0.29) is 35.6 Å². The predicted molar refractivity (Wildman–Crippen MR) is 223 cm³/mol. The van der Waals surface area contributed by atoms with E-state index >= 15 is 0 Å². The number of aromatic nitrogens is 4. The largest absolute Gasteiger partial charge is 0.444 e. The Bertz CT molecular complexity index is 2530. The first-order valence-electron chi connectivity index (χ1n) is 21.1. The number of ether oxygens (including phenoxy) is 2. The molecule has 334 valence electrons. The van der Waals surface area contributed by atoms with Gasteiger partial charge in [0.15, 0.2) is 11.4 Å². The zero-order valence-electron chi connectivity index (χ0n) is 34.6. The van der Waals surface area contributed by atoms with Crippen LogP contribution in [0, 0.1) is 5.92 Å². The minimum atomic E-state index is -4.84. The number of carbonyl (C=O) groups excluding carboxylic acids is 5. The number of pyridine rings is 1. The summed E-state index contributed by atoms with van der Waals surface area (Å²) in [5.74, 6) is -1.65. The van der Waals surface area contributed by atoms with Crippen molar-refractivity contribution in [2.75, 3.05) is 43.6 Å². The van der Waals surface area contributed by atoms with E-state index in [0.29, 0.717) is 62.3 Å². The number of imide groups is 2. The number of rotatable bonds is 20. The molecule has 5 amide bonds. The fraction of sp³-hybridized carbons (Fsp3) is 0.378. The van der Waals surface area contributed by atoms with Crippen molar-refractivity contribution in [3.63, 3.8) is 0 Å². The summed E-state index contributed by atoms with van der Waals surface area (Å²) in [6, 6.07) is 14.4. The molecule has 0 bridgehead atoms. The maximum atomic E-state index is 14.1. The number of carbonyl (C=O) groups is 5. The van der Waals surface area contributed by atoms with Gasteiger partial charge in [0.1, 0.15) is 18.1 Å². The van der Waals surface area contributed by atoms with Crippen molar-refractivity contribution in [3.8, 4) is 17.1 Å². The molecule has 1 unspecified atom stereocenters. The van der Waals surface area contributed by atoms with E-state index in [2.05, 4.69) is 31.0 Å². The Labute approximate surface area is 364 Å². The van der Waals surface area contributed by atoms with Gasteiger partial charge in [-0.05, 0) is 105 Å². The number of hydrogen-bond donors (Lipinski definition) is 3. The smallest absolute Gasteiger partial charge is 0.437 e. The molecule has 64 heavy (non-hydrogen) atoms. The predicted octanol–water partition coefficient (Wildman–Crippen LogP) is 6.41. The van der Waals surface area contributed by atoms with Gasteiger partial charge in [-0.3, -0.25) is 34.2 Å². The summed E-state index contributed by atoms with van der Waals surface area (Å²) in [4.78, 5) is 72.3. The SMILES string of the molecule is O=C1CCC(N2C(=O)c3ccc(CCCOCCOCCCCc4ccc(-n5cc(NC(=O)c6coc(-c7ccnc(NCC8CC8)c7)n6)c(C(F)(F)F)n5)cc4)cc3C2=O)C(=O)N1. The quantitative estimate of drug-likeness (QED) is 0.0575. The van der Waals surface area contributed by atoms with Crippen LogP contribution in [0.2, 0.25) is 0 Å². The van der Waals surface area contributed by atoms with Gasteiger partial charge in [-0.25, -0.2) is 14.6 Å². The van der Waals surface area contributed by atoms with Gasteiger partial charge in [0.25, 0.3) is 17.7 Å². The average molecular weight is 883 g/mol. The van der Waals surface area contributed by atoms with Crippen LogP contribution in [0.1, 0.15) is 93.0 Å². The summed E-state index contributed by atoms with van der Waals surface area (Å²) in [6.45, 7) is 2.61. The maximum absolute atomic E-state index is 14.1.